The summed E-state index contributed by atoms with van der Waals surface area (Å²) in [6.45, 7) is 1.26. The first kappa shape index (κ1) is 21.2. The van der Waals surface area contributed by atoms with E-state index in [9.17, 15) is 8.78 Å². The van der Waals surface area contributed by atoms with Gasteiger partial charge in [0.05, 0.1) is 43.9 Å². The summed E-state index contributed by atoms with van der Waals surface area (Å²) in [6.07, 6.45) is 5.69. The van der Waals surface area contributed by atoms with Gasteiger partial charge in [0.15, 0.2) is 28.9 Å². The molecule has 0 atom stereocenters. The van der Waals surface area contributed by atoms with Crippen molar-refractivity contribution in [2.75, 3.05) is 32.6 Å². The molecule has 1 aromatic carbocycles. The highest BCUT2D eigenvalue weighted by atomic mass is 19.1. The van der Waals surface area contributed by atoms with Gasteiger partial charge in [-0.2, -0.15) is 0 Å². The Morgan fingerprint density at radius 1 is 1.23 bits per heavy atom. The van der Waals surface area contributed by atoms with Gasteiger partial charge in [-0.3, -0.25) is 4.99 Å². The molecule has 0 saturated carbocycles. The molecule has 1 aliphatic rings. The second-order valence-corrected chi connectivity index (χ2v) is 6.26. The fourth-order valence-corrected chi connectivity index (χ4v) is 2.48. The number of hydrogen-bond donors (Lipinski definition) is 3. The van der Waals surface area contributed by atoms with Crippen molar-refractivity contribution in [2.45, 2.75) is 12.6 Å². The first-order valence-electron chi connectivity index (χ1n) is 9.02. The number of nitrogens with zero attached hydrogens (tertiary/aromatic N) is 3. The normalized spacial score (nSPS) is 14.5. The van der Waals surface area contributed by atoms with E-state index in [1.165, 1.54) is 32.8 Å². The summed E-state index contributed by atoms with van der Waals surface area (Å²) >= 11 is 0. The lowest BCUT2D eigenvalue weighted by Crippen LogP contribution is -2.45. The number of benzene rings is 1. The largest absolute Gasteiger partial charge is 0.494 e. The Morgan fingerprint density at radius 2 is 1.87 bits per heavy atom. The first-order chi connectivity index (χ1) is 14.5. The maximum Gasteiger partial charge on any atom is 0.227 e. The van der Waals surface area contributed by atoms with Crippen LogP contribution >= 0.6 is 0 Å². The molecule has 1 saturated heterocycles. The van der Waals surface area contributed by atoms with Crippen LogP contribution in [0.25, 0.3) is 0 Å². The number of anilines is 1. The summed E-state index contributed by atoms with van der Waals surface area (Å²) in [7, 11) is 2.55. The van der Waals surface area contributed by atoms with Gasteiger partial charge in [0.2, 0.25) is 5.95 Å². The van der Waals surface area contributed by atoms with E-state index < -0.39 is 18.2 Å². The third-order valence-corrected chi connectivity index (χ3v) is 4.30. The number of nitrogens with one attached hydrogen (secondary N) is 2. The van der Waals surface area contributed by atoms with Crippen molar-refractivity contribution >= 4 is 12.2 Å². The van der Waals surface area contributed by atoms with E-state index in [0.717, 1.165) is 19.2 Å². The summed E-state index contributed by atoms with van der Waals surface area (Å²) in [4.78, 5) is 12.5. The van der Waals surface area contributed by atoms with Crippen molar-refractivity contribution in [3.05, 3.63) is 47.6 Å². The lowest BCUT2D eigenvalue weighted by atomic mass is 10.1. The monoisotopic (exact) mass is 420 g/mol. The summed E-state index contributed by atoms with van der Waals surface area (Å²) in [5, 5.41) is 6.04. The average molecular weight is 420 g/mol. The van der Waals surface area contributed by atoms with Gasteiger partial charge in [0, 0.05) is 31.6 Å². The Morgan fingerprint density at radius 3 is 2.37 bits per heavy atom. The molecule has 2 heterocycles. The summed E-state index contributed by atoms with van der Waals surface area (Å²) < 4.78 is 44.0. The van der Waals surface area contributed by atoms with Gasteiger partial charge in [-0.25, -0.2) is 18.7 Å². The number of halogens is 2. The van der Waals surface area contributed by atoms with Crippen LogP contribution in [0.4, 0.5) is 14.7 Å². The number of aromatic nitrogens is 2. The predicted molar refractivity (Wildman–Crippen MR) is 107 cm³/mol. The van der Waals surface area contributed by atoms with Crippen LogP contribution in [-0.4, -0.2) is 49.5 Å². The Kier molecular flexibility index (Phi) is 6.96. The Labute approximate surface area is 172 Å². The highest BCUT2D eigenvalue weighted by Gasteiger charge is 2.20. The third-order valence-electron chi connectivity index (χ3n) is 4.30. The SMILES string of the molecule is COc1cc(OC)c(F)c(COc2cnc(N/C(C=NC3CNC3)=C/N)nc2)c1F. The molecule has 9 nitrogen and oxygen atoms in total. The van der Waals surface area contributed by atoms with Crippen molar-refractivity contribution in [3.8, 4) is 17.2 Å². The minimum Gasteiger partial charge on any atom is -0.494 e. The maximum atomic E-state index is 14.4. The fourth-order valence-electron chi connectivity index (χ4n) is 2.48. The molecule has 160 valence electrons. The van der Waals surface area contributed by atoms with Crippen molar-refractivity contribution in [1.82, 2.24) is 15.3 Å². The van der Waals surface area contributed by atoms with Crippen molar-refractivity contribution in [2.24, 2.45) is 10.7 Å². The van der Waals surface area contributed by atoms with Crippen molar-refractivity contribution < 1.29 is 23.0 Å². The van der Waals surface area contributed by atoms with Gasteiger partial charge in [-0.05, 0) is 0 Å². The molecule has 1 aromatic heterocycles. The van der Waals surface area contributed by atoms with Gasteiger partial charge in [-0.15, -0.1) is 0 Å². The number of hydrogen-bond acceptors (Lipinski definition) is 9. The standard InChI is InChI=1S/C19H22F2N6O3/c1-28-15-3-16(29-2)18(21)14(17(15)20)10-30-13-8-25-19(26-9-13)27-11(4-22)7-24-12-5-23-6-12/h3-4,7-9,12,23H,5-6,10,22H2,1-2H3,(H,25,26,27)/b11-4+,24-7?. The fraction of sp³-hybridized carbons (Fsp3) is 0.316. The molecule has 0 radical (unpaired) electrons. The second kappa shape index (κ2) is 9.83. The maximum absolute atomic E-state index is 14.4. The van der Waals surface area contributed by atoms with Crippen LogP contribution in [-0.2, 0) is 6.61 Å². The van der Waals surface area contributed by atoms with E-state index in [1.54, 1.807) is 6.21 Å². The topological polar surface area (TPSA) is 116 Å². The molecule has 0 bridgehead atoms. The minimum absolute atomic E-state index is 0.150. The molecule has 11 heteroatoms. The van der Waals surface area contributed by atoms with E-state index in [1.807, 2.05) is 0 Å². The lowest BCUT2D eigenvalue weighted by Gasteiger charge is -2.22. The molecule has 0 aliphatic carbocycles. The smallest absolute Gasteiger partial charge is 0.227 e. The van der Waals surface area contributed by atoms with Gasteiger partial charge >= 0.3 is 0 Å². The molecule has 0 unspecified atom stereocenters. The molecule has 2 aromatic rings. The molecule has 1 aliphatic heterocycles. The Hall–Kier alpha value is -3.47. The molecule has 3 rings (SSSR count). The van der Waals surface area contributed by atoms with E-state index in [2.05, 4.69) is 25.6 Å². The summed E-state index contributed by atoms with van der Waals surface area (Å²) in [5.41, 5.74) is 5.78. The number of rotatable bonds is 9. The quantitative estimate of drug-likeness (QED) is 0.524. The molecular formula is C19H22F2N6O3. The second-order valence-electron chi connectivity index (χ2n) is 6.26. The Bertz CT molecular complexity index is 905. The van der Waals surface area contributed by atoms with E-state index in [4.69, 9.17) is 19.9 Å². The van der Waals surface area contributed by atoms with Crippen molar-refractivity contribution in [1.29, 1.82) is 0 Å². The average Bonchev–Trinajstić information content (AvgIpc) is 2.73. The molecule has 0 spiro atoms. The van der Waals surface area contributed by atoms with E-state index >= 15 is 0 Å². The minimum atomic E-state index is -0.867. The van der Waals surface area contributed by atoms with E-state index in [-0.39, 0.29) is 34.8 Å². The van der Waals surface area contributed by atoms with Crippen LogP contribution in [0.5, 0.6) is 17.2 Å². The van der Waals surface area contributed by atoms with E-state index in [0.29, 0.717) is 5.70 Å². The van der Waals surface area contributed by atoms with Crippen molar-refractivity contribution in [3.63, 3.8) is 0 Å². The summed E-state index contributed by atoms with van der Waals surface area (Å²) in [5.74, 6) is -1.56. The zero-order valence-corrected chi connectivity index (χ0v) is 16.5. The number of nitrogens with two attached hydrogens (primary N) is 1. The lowest BCUT2D eigenvalue weighted by molar-refractivity contribution is 0.280. The Balaban J connectivity index is 1.64. The van der Waals surface area contributed by atoms with Gasteiger partial charge in [0.25, 0.3) is 0 Å². The summed E-state index contributed by atoms with van der Waals surface area (Å²) in [6, 6.07) is 1.36. The van der Waals surface area contributed by atoms with Crippen LogP contribution in [0.1, 0.15) is 5.56 Å². The predicted octanol–water partition coefficient (Wildman–Crippen LogP) is 1.61. The zero-order chi connectivity index (χ0) is 21.5. The molecule has 30 heavy (non-hydrogen) atoms. The van der Waals surface area contributed by atoms with Crippen LogP contribution in [0.3, 0.4) is 0 Å². The molecule has 0 amide bonds. The van der Waals surface area contributed by atoms with Crippen LogP contribution in [0.15, 0.2) is 35.3 Å². The first-order valence-corrected chi connectivity index (χ1v) is 9.02. The van der Waals surface area contributed by atoms with Crippen LogP contribution in [0, 0.1) is 11.6 Å². The van der Waals surface area contributed by atoms with Gasteiger partial charge in [0.1, 0.15) is 6.61 Å². The highest BCUT2D eigenvalue weighted by molar-refractivity contribution is 5.82. The number of aliphatic imine (C=N–C) groups is 1. The number of ether oxygens (including phenoxy) is 3. The third kappa shape index (κ3) is 4.92. The number of methoxy groups -OCH3 is 2. The van der Waals surface area contributed by atoms with Crippen LogP contribution < -0.4 is 30.6 Å². The van der Waals surface area contributed by atoms with Crippen LogP contribution in [0.2, 0.25) is 0 Å². The van der Waals surface area contributed by atoms with Gasteiger partial charge < -0.3 is 30.6 Å². The highest BCUT2D eigenvalue weighted by Crippen LogP contribution is 2.31. The van der Waals surface area contributed by atoms with Gasteiger partial charge in [-0.1, -0.05) is 0 Å². The zero-order valence-electron chi connectivity index (χ0n) is 16.5. The molecule has 4 N–H and O–H groups in total. The molecular weight excluding hydrogens is 398 g/mol. The number of allylic oxidation sites excluding steroid dienone is 1. The molecule has 1 fully saturated rings.